The number of benzene rings is 1. The van der Waals surface area contributed by atoms with E-state index in [4.69, 9.17) is 10.4 Å². The van der Waals surface area contributed by atoms with Gasteiger partial charge in [0.2, 0.25) is 12.2 Å². The van der Waals surface area contributed by atoms with E-state index < -0.39 is 29.7 Å². The van der Waals surface area contributed by atoms with Gasteiger partial charge in [0.15, 0.2) is 11.6 Å². The molecule has 0 saturated carbocycles. The molecule has 20 heavy (non-hydrogen) atoms. The SMILES string of the molecule is CC(=O)C(O)C(=O)OC(C#N)C(=O)Cc1ccccc1. The molecule has 0 spiro atoms. The molecule has 0 fully saturated rings. The molecule has 6 nitrogen and oxygen atoms in total. The normalized spacial score (nSPS) is 12.8. The highest BCUT2D eigenvalue weighted by atomic mass is 16.6. The van der Waals surface area contributed by atoms with Gasteiger partial charge >= 0.3 is 5.97 Å². The molecule has 6 heteroatoms. The Bertz CT molecular complexity index is 546. The number of hydrogen-bond donors (Lipinski definition) is 1. The Labute approximate surface area is 115 Å². The monoisotopic (exact) mass is 275 g/mol. The van der Waals surface area contributed by atoms with Crippen molar-refractivity contribution in [3.63, 3.8) is 0 Å². The third kappa shape index (κ3) is 4.30. The van der Waals surface area contributed by atoms with E-state index in [1.807, 2.05) is 0 Å². The summed E-state index contributed by atoms with van der Waals surface area (Å²) in [5.74, 6) is -2.74. The van der Waals surface area contributed by atoms with Crippen LogP contribution in [0.1, 0.15) is 12.5 Å². The van der Waals surface area contributed by atoms with Crippen LogP contribution in [0.5, 0.6) is 0 Å². The molecular formula is C14H13NO5. The second-order valence-electron chi connectivity index (χ2n) is 4.09. The quantitative estimate of drug-likeness (QED) is 0.586. The van der Waals surface area contributed by atoms with Gasteiger partial charge in [0.1, 0.15) is 6.07 Å². The first kappa shape index (κ1) is 15.5. The van der Waals surface area contributed by atoms with E-state index in [1.165, 1.54) is 6.07 Å². The van der Waals surface area contributed by atoms with Gasteiger partial charge in [0.05, 0.1) is 0 Å². The standard InChI is InChI=1S/C14H13NO5/c1-9(16)13(18)14(19)20-12(8-15)11(17)7-10-5-3-2-4-6-10/h2-6,12-13,18H,7H2,1H3. The number of rotatable bonds is 6. The highest BCUT2D eigenvalue weighted by Gasteiger charge is 2.28. The fraction of sp³-hybridized carbons (Fsp3) is 0.286. The van der Waals surface area contributed by atoms with Gasteiger partial charge in [-0.3, -0.25) is 9.59 Å². The number of ketones is 2. The minimum absolute atomic E-state index is 0.0808. The molecule has 0 saturated heterocycles. The summed E-state index contributed by atoms with van der Waals surface area (Å²) in [5.41, 5.74) is 0.668. The summed E-state index contributed by atoms with van der Waals surface area (Å²) in [4.78, 5) is 33.9. The van der Waals surface area contributed by atoms with E-state index in [0.717, 1.165) is 6.92 Å². The molecule has 0 amide bonds. The maximum absolute atomic E-state index is 11.8. The lowest BCUT2D eigenvalue weighted by molar-refractivity contribution is -0.162. The molecule has 0 aliphatic heterocycles. The molecule has 2 atom stereocenters. The molecule has 1 rings (SSSR count). The molecule has 0 heterocycles. The van der Waals surface area contributed by atoms with Crippen molar-refractivity contribution >= 4 is 17.5 Å². The molecule has 0 aliphatic carbocycles. The summed E-state index contributed by atoms with van der Waals surface area (Å²) in [6.07, 6.45) is -3.70. The zero-order valence-corrected chi connectivity index (χ0v) is 10.8. The molecule has 0 aromatic heterocycles. The van der Waals surface area contributed by atoms with Crippen LogP contribution in [-0.4, -0.2) is 34.9 Å². The number of nitriles is 1. The molecule has 0 aliphatic rings. The number of Topliss-reactive ketones (excluding diaryl/α,β-unsaturated/α-hetero) is 2. The number of aliphatic hydroxyl groups excluding tert-OH is 1. The lowest BCUT2D eigenvalue weighted by Crippen LogP contribution is -2.36. The highest BCUT2D eigenvalue weighted by Crippen LogP contribution is 2.05. The molecule has 1 aromatic carbocycles. The number of hydrogen-bond acceptors (Lipinski definition) is 6. The number of carbonyl (C=O) groups excluding carboxylic acids is 3. The van der Waals surface area contributed by atoms with Crippen molar-refractivity contribution < 1.29 is 24.2 Å². The van der Waals surface area contributed by atoms with Gasteiger partial charge in [0, 0.05) is 6.42 Å². The minimum atomic E-state index is -1.98. The van der Waals surface area contributed by atoms with Gasteiger partial charge in [-0.25, -0.2) is 4.79 Å². The van der Waals surface area contributed by atoms with Crippen molar-refractivity contribution in [2.75, 3.05) is 0 Å². The first-order valence-electron chi connectivity index (χ1n) is 5.81. The molecule has 104 valence electrons. The van der Waals surface area contributed by atoms with Gasteiger partial charge in [-0.1, -0.05) is 30.3 Å². The Kier molecular flexibility index (Phi) is 5.56. The number of ether oxygens (including phenoxy) is 1. The summed E-state index contributed by atoms with van der Waals surface area (Å²) < 4.78 is 4.54. The van der Waals surface area contributed by atoms with Gasteiger partial charge in [0.25, 0.3) is 0 Å². The number of nitrogens with zero attached hydrogens (tertiary/aromatic N) is 1. The van der Waals surface area contributed by atoms with Gasteiger partial charge in [-0.2, -0.15) is 5.26 Å². The lowest BCUT2D eigenvalue weighted by atomic mass is 10.1. The smallest absolute Gasteiger partial charge is 0.344 e. The Morgan fingerprint density at radius 2 is 1.90 bits per heavy atom. The highest BCUT2D eigenvalue weighted by molar-refractivity contribution is 6.01. The zero-order chi connectivity index (χ0) is 15.1. The second-order valence-corrected chi connectivity index (χ2v) is 4.09. The molecular weight excluding hydrogens is 262 g/mol. The number of esters is 1. The van der Waals surface area contributed by atoms with E-state index in [-0.39, 0.29) is 6.42 Å². The lowest BCUT2D eigenvalue weighted by Gasteiger charge is -2.12. The average molecular weight is 275 g/mol. The van der Waals surface area contributed by atoms with Crippen LogP contribution in [0.15, 0.2) is 30.3 Å². The average Bonchev–Trinajstić information content (AvgIpc) is 2.44. The van der Waals surface area contributed by atoms with Crippen molar-refractivity contribution in [1.82, 2.24) is 0 Å². The third-order valence-electron chi connectivity index (χ3n) is 2.47. The zero-order valence-electron chi connectivity index (χ0n) is 10.8. The summed E-state index contributed by atoms with van der Waals surface area (Å²) >= 11 is 0. The van der Waals surface area contributed by atoms with E-state index in [9.17, 15) is 14.4 Å². The number of aliphatic hydroxyl groups is 1. The summed E-state index contributed by atoms with van der Waals surface area (Å²) in [7, 11) is 0. The number of carbonyl (C=O) groups is 3. The predicted molar refractivity (Wildman–Crippen MR) is 67.3 cm³/mol. The first-order valence-corrected chi connectivity index (χ1v) is 5.81. The Hall–Kier alpha value is -2.52. The Morgan fingerprint density at radius 1 is 1.30 bits per heavy atom. The van der Waals surface area contributed by atoms with Crippen LogP contribution >= 0.6 is 0 Å². The van der Waals surface area contributed by atoms with Crippen LogP contribution in [0.25, 0.3) is 0 Å². The fourth-order valence-electron chi connectivity index (χ4n) is 1.40. The van der Waals surface area contributed by atoms with Crippen LogP contribution in [-0.2, 0) is 25.5 Å². The summed E-state index contributed by atoms with van der Waals surface area (Å²) in [5, 5.41) is 18.0. The molecule has 0 radical (unpaired) electrons. The van der Waals surface area contributed by atoms with E-state index in [0.29, 0.717) is 5.56 Å². The van der Waals surface area contributed by atoms with Crippen LogP contribution in [0.3, 0.4) is 0 Å². The van der Waals surface area contributed by atoms with Crippen molar-refractivity contribution in [3.05, 3.63) is 35.9 Å². The van der Waals surface area contributed by atoms with E-state index in [1.54, 1.807) is 30.3 Å². The third-order valence-corrected chi connectivity index (χ3v) is 2.47. The maximum atomic E-state index is 11.8. The van der Waals surface area contributed by atoms with E-state index in [2.05, 4.69) is 4.74 Å². The second kappa shape index (κ2) is 7.16. The largest absolute Gasteiger partial charge is 0.436 e. The predicted octanol–water partition coefficient (Wildman–Crippen LogP) is 0.183. The van der Waals surface area contributed by atoms with Crippen molar-refractivity contribution in [2.24, 2.45) is 0 Å². The van der Waals surface area contributed by atoms with Crippen LogP contribution in [0.2, 0.25) is 0 Å². The first-order chi connectivity index (χ1) is 9.45. The molecule has 1 N–H and O–H groups in total. The van der Waals surface area contributed by atoms with Crippen LogP contribution in [0, 0.1) is 11.3 Å². The topological polar surface area (TPSA) is 104 Å². The van der Waals surface area contributed by atoms with Crippen molar-refractivity contribution in [2.45, 2.75) is 25.6 Å². The minimum Gasteiger partial charge on any atom is -0.436 e. The Morgan fingerprint density at radius 3 is 2.40 bits per heavy atom. The molecule has 1 aromatic rings. The Balaban J connectivity index is 2.67. The molecule has 2 unspecified atom stereocenters. The van der Waals surface area contributed by atoms with Crippen molar-refractivity contribution in [3.8, 4) is 6.07 Å². The van der Waals surface area contributed by atoms with E-state index >= 15 is 0 Å². The van der Waals surface area contributed by atoms with Crippen LogP contribution < -0.4 is 0 Å². The van der Waals surface area contributed by atoms with Crippen LogP contribution in [0.4, 0.5) is 0 Å². The fourth-order valence-corrected chi connectivity index (χ4v) is 1.40. The van der Waals surface area contributed by atoms with Gasteiger partial charge < -0.3 is 9.84 Å². The van der Waals surface area contributed by atoms with Gasteiger partial charge in [-0.15, -0.1) is 0 Å². The van der Waals surface area contributed by atoms with Gasteiger partial charge in [-0.05, 0) is 12.5 Å². The maximum Gasteiger partial charge on any atom is 0.344 e. The summed E-state index contributed by atoms with van der Waals surface area (Å²) in [6, 6.07) is 10.2. The molecule has 0 bridgehead atoms. The van der Waals surface area contributed by atoms with Crippen molar-refractivity contribution in [1.29, 1.82) is 5.26 Å². The summed E-state index contributed by atoms with van der Waals surface area (Å²) in [6.45, 7) is 0.999.